The molecule has 84 valence electrons. The van der Waals surface area contributed by atoms with Crippen LogP contribution in [0.15, 0.2) is 18.2 Å². The molecule has 3 nitrogen and oxygen atoms in total. The summed E-state index contributed by atoms with van der Waals surface area (Å²) in [6.07, 6.45) is 0. The Hall–Kier alpha value is -1.95. The van der Waals surface area contributed by atoms with Gasteiger partial charge in [-0.25, -0.2) is 0 Å². The predicted octanol–water partition coefficient (Wildman–Crippen LogP) is 1.82. The minimum atomic E-state index is -0.656. The van der Waals surface area contributed by atoms with E-state index in [4.69, 9.17) is 11.5 Å². The Morgan fingerprint density at radius 3 is 2.50 bits per heavy atom. The van der Waals surface area contributed by atoms with Gasteiger partial charge in [-0.1, -0.05) is 11.8 Å². The summed E-state index contributed by atoms with van der Waals surface area (Å²) in [7, 11) is 0. The van der Waals surface area contributed by atoms with E-state index >= 15 is 0 Å². The van der Waals surface area contributed by atoms with Crippen molar-refractivity contribution >= 4 is 17.2 Å². The number of carbonyl (C=O) groups excluding carboxylic acids is 1. The van der Waals surface area contributed by atoms with Gasteiger partial charge in [-0.3, -0.25) is 4.79 Å². The lowest BCUT2D eigenvalue weighted by Crippen LogP contribution is -2.18. The number of rotatable bonds is 1. The standard InChI is InChI=1S/C13H16N2O/c1-9(16)13(2,3)7-6-10-8-11(14)4-5-12(10)15/h4-5,8H,14-15H2,1-3H3. The van der Waals surface area contributed by atoms with Crippen molar-refractivity contribution < 1.29 is 4.79 Å². The highest BCUT2D eigenvalue weighted by molar-refractivity contribution is 5.85. The van der Waals surface area contributed by atoms with E-state index < -0.39 is 5.41 Å². The van der Waals surface area contributed by atoms with Crippen molar-refractivity contribution in [2.24, 2.45) is 5.41 Å². The van der Waals surface area contributed by atoms with Crippen molar-refractivity contribution in [3.63, 3.8) is 0 Å². The van der Waals surface area contributed by atoms with Crippen LogP contribution in [0, 0.1) is 17.3 Å². The molecule has 0 bridgehead atoms. The first kappa shape index (κ1) is 12.1. The van der Waals surface area contributed by atoms with E-state index in [-0.39, 0.29) is 5.78 Å². The van der Waals surface area contributed by atoms with Gasteiger partial charge in [0.1, 0.15) is 5.78 Å². The molecule has 1 rings (SSSR count). The summed E-state index contributed by atoms with van der Waals surface area (Å²) in [5.41, 5.74) is 12.6. The summed E-state index contributed by atoms with van der Waals surface area (Å²) in [5, 5.41) is 0. The highest BCUT2D eigenvalue weighted by Crippen LogP contribution is 2.17. The smallest absolute Gasteiger partial charge is 0.147 e. The maximum Gasteiger partial charge on any atom is 0.147 e. The molecule has 0 aromatic heterocycles. The fraction of sp³-hybridized carbons (Fsp3) is 0.308. The first-order valence-electron chi connectivity index (χ1n) is 5.02. The van der Waals surface area contributed by atoms with E-state index in [2.05, 4.69) is 11.8 Å². The van der Waals surface area contributed by atoms with Crippen molar-refractivity contribution in [1.82, 2.24) is 0 Å². The van der Waals surface area contributed by atoms with Crippen molar-refractivity contribution in [3.8, 4) is 11.8 Å². The maximum absolute atomic E-state index is 11.3. The second kappa shape index (κ2) is 4.28. The Balaban J connectivity index is 3.10. The van der Waals surface area contributed by atoms with Gasteiger partial charge < -0.3 is 11.5 Å². The number of benzene rings is 1. The van der Waals surface area contributed by atoms with Gasteiger partial charge in [-0.05, 0) is 39.0 Å². The summed E-state index contributed by atoms with van der Waals surface area (Å²) in [6, 6.07) is 5.13. The molecule has 0 spiro atoms. The number of nitrogens with two attached hydrogens (primary N) is 2. The van der Waals surface area contributed by atoms with Gasteiger partial charge in [0.05, 0.1) is 5.41 Å². The van der Waals surface area contributed by atoms with Gasteiger partial charge in [0.15, 0.2) is 0 Å². The number of ketones is 1. The Morgan fingerprint density at radius 1 is 1.31 bits per heavy atom. The zero-order valence-electron chi connectivity index (χ0n) is 9.79. The number of nitrogen functional groups attached to an aromatic ring is 2. The van der Waals surface area contributed by atoms with Gasteiger partial charge in [-0.15, -0.1) is 0 Å². The monoisotopic (exact) mass is 216 g/mol. The summed E-state index contributed by atoms with van der Waals surface area (Å²) >= 11 is 0. The van der Waals surface area contributed by atoms with E-state index in [0.717, 1.165) is 0 Å². The van der Waals surface area contributed by atoms with Crippen LogP contribution in [0.4, 0.5) is 11.4 Å². The fourth-order valence-electron chi connectivity index (χ4n) is 0.994. The summed E-state index contributed by atoms with van der Waals surface area (Å²) in [5.74, 6) is 5.84. The molecule has 0 unspecified atom stereocenters. The molecule has 0 aliphatic rings. The number of hydrogen-bond acceptors (Lipinski definition) is 3. The molecule has 0 heterocycles. The molecule has 0 atom stereocenters. The summed E-state index contributed by atoms with van der Waals surface area (Å²) in [4.78, 5) is 11.3. The maximum atomic E-state index is 11.3. The molecule has 1 aromatic rings. The second-order valence-electron chi connectivity index (χ2n) is 4.28. The molecule has 16 heavy (non-hydrogen) atoms. The minimum Gasteiger partial charge on any atom is -0.399 e. The number of carbonyl (C=O) groups is 1. The van der Waals surface area contributed by atoms with Crippen LogP contribution in [0.25, 0.3) is 0 Å². The van der Waals surface area contributed by atoms with E-state index in [1.807, 2.05) is 0 Å². The average Bonchev–Trinajstić information content (AvgIpc) is 2.19. The van der Waals surface area contributed by atoms with Crippen molar-refractivity contribution in [2.75, 3.05) is 11.5 Å². The van der Waals surface area contributed by atoms with Gasteiger partial charge >= 0.3 is 0 Å². The van der Waals surface area contributed by atoms with E-state index in [9.17, 15) is 4.79 Å². The Bertz CT molecular complexity index is 478. The number of anilines is 2. The molecule has 0 amide bonds. The number of hydrogen-bond donors (Lipinski definition) is 2. The SMILES string of the molecule is CC(=O)C(C)(C)C#Cc1cc(N)ccc1N. The van der Waals surface area contributed by atoms with E-state index in [0.29, 0.717) is 16.9 Å². The molecular formula is C13H16N2O. The third kappa shape index (κ3) is 2.77. The van der Waals surface area contributed by atoms with Gasteiger partial charge in [0.25, 0.3) is 0 Å². The first-order chi connectivity index (χ1) is 7.33. The average molecular weight is 216 g/mol. The quantitative estimate of drug-likeness (QED) is 0.555. The zero-order chi connectivity index (χ0) is 12.3. The highest BCUT2D eigenvalue weighted by Gasteiger charge is 2.20. The molecule has 0 fully saturated rings. The zero-order valence-corrected chi connectivity index (χ0v) is 9.79. The normalized spacial score (nSPS) is 10.4. The third-order valence-electron chi connectivity index (χ3n) is 2.47. The predicted molar refractivity (Wildman–Crippen MR) is 66.6 cm³/mol. The van der Waals surface area contributed by atoms with Crippen LogP contribution < -0.4 is 11.5 Å². The molecule has 0 radical (unpaired) electrons. The van der Waals surface area contributed by atoms with Crippen molar-refractivity contribution in [3.05, 3.63) is 23.8 Å². The molecule has 3 heteroatoms. The van der Waals surface area contributed by atoms with Gasteiger partial charge in [0, 0.05) is 16.9 Å². The highest BCUT2D eigenvalue weighted by atomic mass is 16.1. The van der Waals surface area contributed by atoms with Crippen LogP contribution in [-0.2, 0) is 4.79 Å². The third-order valence-corrected chi connectivity index (χ3v) is 2.47. The Morgan fingerprint density at radius 2 is 1.94 bits per heavy atom. The van der Waals surface area contributed by atoms with Crippen LogP contribution in [0.2, 0.25) is 0 Å². The van der Waals surface area contributed by atoms with Crippen LogP contribution in [0.1, 0.15) is 26.3 Å². The largest absolute Gasteiger partial charge is 0.399 e. The first-order valence-corrected chi connectivity index (χ1v) is 5.02. The summed E-state index contributed by atoms with van der Waals surface area (Å²) < 4.78 is 0. The fourth-order valence-corrected chi connectivity index (χ4v) is 0.994. The molecule has 1 aromatic carbocycles. The van der Waals surface area contributed by atoms with Crippen LogP contribution in [0.5, 0.6) is 0 Å². The lowest BCUT2D eigenvalue weighted by Gasteiger charge is -2.11. The molecule has 0 aliphatic carbocycles. The van der Waals surface area contributed by atoms with Crippen molar-refractivity contribution in [1.29, 1.82) is 0 Å². The lowest BCUT2D eigenvalue weighted by molar-refractivity contribution is -0.122. The van der Waals surface area contributed by atoms with Gasteiger partial charge in [-0.2, -0.15) is 0 Å². The molecule has 0 aliphatic heterocycles. The Labute approximate surface area is 95.8 Å². The molecule has 0 saturated heterocycles. The molecular weight excluding hydrogens is 200 g/mol. The summed E-state index contributed by atoms with van der Waals surface area (Å²) in [6.45, 7) is 5.09. The minimum absolute atomic E-state index is 0.0301. The lowest BCUT2D eigenvalue weighted by atomic mass is 9.89. The molecule has 4 N–H and O–H groups in total. The van der Waals surface area contributed by atoms with Crippen LogP contribution >= 0.6 is 0 Å². The second-order valence-corrected chi connectivity index (χ2v) is 4.28. The van der Waals surface area contributed by atoms with Gasteiger partial charge in [0.2, 0.25) is 0 Å². The van der Waals surface area contributed by atoms with E-state index in [1.54, 1.807) is 32.0 Å². The van der Waals surface area contributed by atoms with Crippen LogP contribution in [-0.4, -0.2) is 5.78 Å². The van der Waals surface area contributed by atoms with E-state index in [1.165, 1.54) is 6.92 Å². The molecule has 0 saturated carbocycles. The van der Waals surface area contributed by atoms with Crippen LogP contribution in [0.3, 0.4) is 0 Å². The van der Waals surface area contributed by atoms with Crippen molar-refractivity contribution in [2.45, 2.75) is 20.8 Å². The topological polar surface area (TPSA) is 69.1 Å². The Kier molecular flexibility index (Phi) is 3.24. The number of Topliss-reactive ketones (excluding diaryl/α,β-unsaturated/α-hetero) is 1.